The number of ether oxygens (including phenoxy) is 1. The third-order valence-corrected chi connectivity index (χ3v) is 4.45. The van der Waals surface area contributed by atoms with E-state index in [2.05, 4.69) is 33.0 Å². The summed E-state index contributed by atoms with van der Waals surface area (Å²) in [6.45, 7) is 10.3. The molecule has 2 unspecified atom stereocenters. The molecule has 2 heteroatoms. The zero-order valence-electron chi connectivity index (χ0n) is 13.1. The summed E-state index contributed by atoms with van der Waals surface area (Å²) < 4.78 is 5.96. The molecule has 0 radical (unpaired) electrons. The summed E-state index contributed by atoms with van der Waals surface area (Å²) in [4.78, 5) is 0. The maximum Gasteiger partial charge on any atom is 0.0831 e. The lowest BCUT2D eigenvalue weighted by Gasteiger charge is -2.38. The Labute approximate surface area is 114 Å². The van der Waals surface area contributed by atoms with E-state index in [4.69, 9.17) is 4.74 Å². The third-order valence-electron chi connectivity index (χ3n) is 4.45. The van der Waals surface area contributed by atoms with Crippen LogP contribution in [0.3, 0.4) is 0 Å². The molecule has 0 aromatic heterocycles. The Kier molecular flexibility index (Phi) is 6.65. The van der Waals surface area contributed by atoms with Gasteiger partial charge in [0, 0.05) is 13.2 Å². The molecule has 2 nitrogen and oxygen atoms in total. The van der Waals surface area contributed by atoms with E-state index < -0.39 is 0 Å². The van der Waals surface area contributed by atoms with Crippen LogP contribution >= 0.6 is 0 Å². The van der Waals surface area contributed by atoms with Gasteiger partial charge < -0.3 is 10.1 Å². The van der Waals surface area contributed by atoms with E-state index in [0.29, 0.717) is 6.04 Å². The van der Waals surface area contributed by atoms with Gasteiger partial charge in [-0.3, -0.25) is 0 Å². The van der Waals surface area contributed by atoms with Gasteiger partial charge in [0.2, 0.25) is 0 Å². The molecule has 18 heavy (non-hydrogen) atoms. The van der Waals surface area contributed by atoms with Gasteiger partial charge in [0.25, 0.3) is 0 Å². The predicted molar refractivity (Wildman–Crippen MR) is 78.9 cm³/mol. The smallest absolute Gasteiger partial charge is 0.0831 e. The van der Waals surface area contributed by atoms with Gasteiger partial charge in [-0.05, 0) is 44.1 Å². The minimum atomic E-state index is 0.112. The van der Waals surface area contributed by atoms with Crippen LogP contribution in [0.4, 0.5) is 0 Å². The van der Waals surface area contributed by atoms with Crippen LogP contribution in [-0.4, -0.2) is 25.3 Å². The summed E-state index contributed by atoms with van der Waals surface area (Å²) in [6.07, 6.45) is 7.69. The fourth-order valence-corrected chi connectivity index (χ4v) is 3.70. The Morgan fingerprint density at radius 3 is 2.17 bits per heavy atom. The van der Waals surface area contributed by atoms with E-state index in [1.165, 1.54) is 38.5 Å². The van der Waals surface area contributed by atoms with Gasteiger partial charge in [0.15, 0.2) is 0 Å². The molecule has 0 spiro atoms. The third kappa shape index (κ3) is 4.24. The fraction of sp³-hybridized carbons (Fsp3) is 1.00. The first-order chi connectivity index (χ1) is 8.54. The van der Waals surface area contributed by atoms with Gasteiger partial charge in [-0.1, -0.05) is 40.5 Å². The van der Waals surface area contributed by atoms with Crippen molar-refractivity contribution in [3.05, 3.63) is 0 Å². The lowest BCUT2D eigenvalue weighted by atomic mass is 9.83. The number of rotatable bonds is 8. The summed E-state index contributed by atoms with van der Waals surface area (Å²) in [5, 5.41) is 3.70. The first-order valence-electron chi connectivity index (χ1n) is 7.82. The van der Waals surface area contributed by atoms with Crippen molar-refractivity contribution in [3.63, 3.8) is 0 Å². The van der Waals surface area contributed by atoms with Crippen LogP contribution in [0.2, 0.25) is 0 Å². The Hall–Kier alpha value is -0.0800. The predicted octanol–water partition coefficient (Wildman–Crippen LogP) is 4.00. The van der Waals surface area contributed by atoms with Crippen molar-refractivity contribution >= 4 is 0 Å². The van der Waals surface area contributed by atoms with Crippen molar-refractivity contribution in [3.8, 4) is 0 Å². The van der Waals surface area contributed by atoms with Crippen molar-refractivity contribution in [2.45, 2.75) is 77.9 Å². The highest BCUT2D eigenvalue weighted by Crippen LogP contribution is 2.38. The number of likely N-dealkylation sites (N-methyl/N-ethyl adjacent to an activating group) is 1. The largest absolute Gasteiger partial charge is 0.377 e. The highest BCUT2D eigenvalue weighted by Gasteiger charge is 2.41. The molecule has 108 valence electrons. The number of nitrogens with one attached hydrogen (secondary N) is 1. The second-order valence-electron chi connectivity index (χ2n) is 6.56. The van der Waals surface area contributed by atoms with E-state index in [-0.39, 0.29) is 5.60 Å². The van der Waals surface area contributed by atoms with Crippen molar-refractivity contribution in [2.24, 2.45) is 11.8 Å². The topological polar surface area (TPSA) is 21.3 Å². The average molecular weight is 255 g/mol. The van der Waals surface area contributed by atoms with E-state index in [9.17, 15) is 0 Å². The van der Waals surface area contributed by atoms with E-state index >= 15 is 0 Å². The molecule has 1 aliphatic rings. The van der Waals surface area contributed by atoms with E-state index in [1.54, 1.807) is 0 Å². The molecule has 0 heterocycles. The second kappa shape index (κ2) is 7.49. The Bertz CT molecular complexity index is 221. The van der Waals surface area contributed by atoms with Gasteiger partial charge in [-0.15, -0.1) is 0 Å². The normalized spacial score (nSPS) is 22.3. The summed E-state index contributed by atoms with van der Waals surface area (Å²) in [7, 11) is 1.91. The molecule has 1 fully saturated rings. The number of hydrogen-bond acceptors (Lipinski definition) is 2. The molecule has 0 aliphatic heterocycles. The van der Waals surface area contributed by atoms with Crippen LogP contribution in [0.5, 0.6) is 0 Å². The average Bonchev–Trinajstić information content (AvgIpc) is 2.77. The molecule has 1 saturated carbocycles. The zero-order chi connectivity index (χ0) is 13.6. The Morgan fingerprint density at radius 1 is 1.11 bits per heavy atom. The summed E-state index contributed by atoms with van der Waals surface area (Å²) in [5.74, 6) is 1.58. The van der Waals surface area contributed by atoms with E-state index in [1.807, 2.05) is 7.11 Å². The van der Waals surface area contributed by atoms with Crippen LogP contribution in [0.25, 0.3) is 0 Å². The molecule has 0 aromatic rings. The first-order valence-corrected chi connectivity index (χ1v) is 7.82. The lowest BCUT2D eigenvalue weighted by Crippen LogP contribution is -2.51. The fourth-order valence-electron chi connectivity index (χ4n) is 3.70. The van der Waals surface area contributed by atoms with Crippen molar-refractivity contribution < 1.29 is 4.74 Å². The van der Waals surface area contributed by atoms with Gasteiger partial charge in [-0.2, -0.15) is 0 Å². The number of methoxy groups -OCH3 is 1. The van der Waals surface area contributed by atoms with Gasteiger partial charge in [-0.25, -0.2) is 0 Å². The Balaban J connectivity index is 2.62. The van der Waals surface area contributed by atoms with Crippen molar-refractivity contribution in [1.82, 2.24) is 5.32 Å². The van der Waals surface area contributed by atoms with Crippen molar-refractivity contribution in [1.29, 1.82) is 0 Å². The molecule has 0 amide bonds. The number of hydrogen-bond donors (Lipinski definition) is 1. The minimum absolute atomic E-state index is 0.112. The van der Waals surface area contributed by atoms with Crippen LogP contribution in [0, 0.1) is 11.8 Å². The van der Waals surface area contributed by atoms with Crippen LogP contribution in [0.15, 0.2) is 0 Å². The quantitative estimate of drug-likeness (QED) is 0.708. The second-order valence-corrected chi connectivity index (χ2v) is 6.56. The summed E-state index contributed by atoms with van der Waals surface area (Å²) in [5.41, 5.74) is 0.112. The standard InChI is InChI=1S/C16H33NO/c1-6-17-15(12-14(4)11-13(2)3)16(18-5)9-7-8-10-16/h13-15,17H,6-12H2,1-5H3. The minimum Gasteiger partial charge on any atom is -0.377 e. The molecule has 0 aromatic carbocycles. The first kappa shape index (κ1) is 16.0. The molecule has 2 atom stereocenters. The summed E-state index contributed by atoms with van der Waals surface area (Å²) >= 11 is 0. The molecular weight excluding hydrogens is 222 g/mol. The molecule has 0 saturated heterocycles. The van der Waals surface area contributed by atoms with Gasteiger partial charge in [0.05, 0.1) is 5.60 Å². The van der Waals surface area contributed by atoms with Gasteiger partial charge >= 0.3 is 0 Å². The lowest BCUT2D eigenvalue weighted by molar-refractivity contribution is -0.0413. The SMILES string of the molecule is CCNC(CC(C)CC(C)C)C1(OC)CCCC1. The van der Waals surface area contributed by atoms with E-state index in [0.717, 1.165) is 18.4 Å². The Morgan fingerprint density at radius 2 is 1.72 bits per heavy atom. The molecule has 1 aliphatic carbocycles. The van der Waals surface area contributed by atoms with Gasteiger partial charge in [0.1, 0.15) is 0 Å². The monoisotopic (exact) mass is 255 g/mol. The molecule has 0 bridgehead atoms. The summed E-state index contributed by atoms with van der Waals surface area (Å²) in [6, 6.07) is 0.531. The molecule has 1 rings (SSSR count). The molecular formula is C16H33NO. The molecule has 1 N–H and O–H groups in total. The maximum absolute atomic E-state index is 5.96. The highest BCUT2D eigenvalue weighted by atomic mass is 16.5. The highest BCUT2D eigenvalue weighted by molar-refractivity contribution is 4.97. The van der Waals surface area contributed by atoms with Crippen LogP contribution in [0.1, 0.15) is 66.2 Å². The zero-order valence-corrected chi connectivity index (χ0v) is 13.1. The van der Waals surface area contributed by atoms with Crippen LogP contribution in [-0.2, 0) is 4.74 Å². The van der Waals surface area contributed by atoms with Crippen LogP contribution < -0.4 is 5.32 Å². The van der Waals surface area contributed by atoms with Crippen molar-refractivity contribution in [2.75, 3.05) is 13.7 Å². The maximum atomic E-state index is 5.96.